The fourth-order valence-corrected chi connectivity index (χ4v) is 2.05. The van der Waals surface area contributed by atoms with Gasteiger partial charge in [-0.3, -0.25) is 0 Å². The highest BCUT2D eigenvalue weighted by atomic mass is 16.5. The molecular formula is C14H14N4O. The zero-order valence-corrected chi connectivity index (χ0v) is 10.5. The van der Waals surface area contributed by atoms with Crippen molar-refractivity contribution in [2.75, 3.05) is 18.1 Å². The van der Waals surface area contributed by atoms with E-state index < -0.39 is 0 Å². The standard InChI is InChI=1S/C14H14N4O/c1-16-11-5-2-9(3-6-11)14-17-12-7-4-10(15)8-13(12)18(14)19/h2-8,16,19H,15H2,1H3. The molecule has 0 fully saturated rings. The molecule has 0 atom stereocenters. The van der Waals surface area contributed by atoms with Crippen LogP contribution in [-0.4, -0.2) is 22.0 Å². The average Bonchev–Trinajstić information content (AvgIpc) is 2.76. The predicted octanol–water partition coefficient (Wildman–Crippen LogP) is 2.56. The maximum Gasteiger partial charge on any atom is 0.176 e. The molecule has 0 unspecified atom stereocenters. The van der Waals surface area contributed by atoms with Gasteiger partial charge < -0.3 is 16.3 Å². The number of nitrogens with two attached hydrogens (primary N) is 1. The first kappa shape index (κ1) is 11.4. The minimum absolute atomic E-state index is 0.503. The Morgan fingerprint density at radius 1 is 1.16 bits per heavy atom. The number of anilines is 2. The Hall–Kier alpha value is -2.69. The van der Waals surface area contributed by atoms with Crippen LogP contribution in [0.3, 0.4) is 0 Å². The molecule has 0 saturated heterocycles. The zero-order valence-electron chi connectivity index (χ0n) is 10.5. The van der Waals surface area contributed by atoms with Crippen molar-refractivity contribution in [1.82, 2.24) is 9.71 Å². The van der Waals surface area contributed by atoms with E-state index >= 15 is 0 Å². The summed E-state index contributed by atoms with van der Waals surface area (Å²) in [5, 5.41) is 13.2. The molecule has 0 amide bonds. The van der Waals surface area contributed by atoms with Crippen molar-refractivity contribution in [3.8, 4) is 11.4 Å². The van der Waals surface area contributed by atoms with Crippen LogP contribution in [0.15, 0.2) is 42.5 Å². The molecule has 19 heavy (non-hydrogen) atoms. The van der Waals surface area contributed by atoms with E-state index in [4.69, 9.17) is 5.73 Å². The fraction of sp³-hybridized carbons (Fsp3) is 0.0714. The van der Waals surface area contributed by atoms with Crippen LogP contribution in [0.2, 0.25) is 0 Å². The lowest BCUT2D eigenvalue weighted by Crippen LogP contribution is -1.95. The Balaban J connectivity index is 2.16. The number of hydrogen-bond acceptors (Lipinski definition) is 4. The molecule has 0 aliphatic heterocycles. The number of fused-ring (bicyclic) bond motifs is 1. The molecule has 5 nitrogen and oxygen atoms in total. The molecule has 0 radical (unpaired) electrons. The van der Waals surface area contributed by atoms with Gasteiger partial charge in [0, 0.05) is 24.0 Å². The summed E-state index contributed by atoms with van der Waals surface area (Å²) >= 11 is 0. The Morgan fingerprint density at radius 3 is 2.58 bits per heavy atom. The van der Waals surface area contributed by atoms with Gasteiger partial charge in [0.1, 0.15) is 5.52 Å². The monoisotopic (exact) mass is 254 g/mol. The van der Waals surface area contributed by atoms with E-state index in [2.05, 4.69) is 10.3 Å². The van der Waals surface area contributed by atoms with E-state index in [1.54, 1.807) is 18.2 Å². The first-order chi connectivity index (χ1) is 9.19. The van der Waals surface area contributed by atoms with Gasteiger partial charge in [-0.15, -0.1) is 0 Å². The van der Waals surface area contributed by atoms with Crippen LogP contribution in [-0.2, 0) is 0 Å². The topological polar surface area (TPSA) is 76.1 Å². The van der Waals surface area contributed by atoms with Crippen molar-refractivity contribution in [3.05, 3.63) is 42.5 Å². The molecule has 0 bridgehead atoms. The Labute approximate surface area is 110 Å². The van der Waals surface area contributed by atoms with Crippen LogP contribution in [0, 0.1) is 0 Å². The quantitative estimate of drug-likeness (QED) is 0.485. The molecule has 0 aliphatic carbocycles. The van der Waals surface area contributed by atoms with Crippen molar-refractivity contribution in [2.24, 2.45) is 0 Å². The molecule has 5 heteroatoms. The molecule has 3 rings (SSSR count). The van der Waals surface area contributed by atoms with Crippen LogP contribution >= 0.6 is 0 Å². The van der Waals surface area contributed by atoms with Crippen molar-refractivity contribution in [1.29, 1.82) is 0 Å². The van der Waals surface area contributed by atoms with Gasteiger partial charge in [0.05, 0.1) is 5.52 Å². The maximum absolute atomic E-state index is 10.2. The van der Waals surface area contributed by atoms with Crippen LogP contribution in [0.25, 0.3) is 22.4 Å². The van der Waals surface area contributed by atoms with Crippen molar-refractivity contribution < 1.29 is 5.21 Å². The molecular weight excluding hydrogens is 240 g/mol. The molecule has 1 heterocycles. The van der Waals surface area contributed by atoms with Crippen LogP contribution < -0.4 is 11.1 Å². The Kier molecular flexibility index (Phi) is 2.52. The van der Waals surface area contributed by atoms with Gasteiger partial charge in [0.25, 0.3) is 0 Å². The number of nitrogens with zero attached hydrogens (tertiary/aromatic N) is 2. The summed E-state index contributed by atoms with van der Waals surface area (Å²) in [6, 6.07) is 12.9. The first-order valence-electron chi connectivity index (χ1n) is 5.94. The zero-order chi connectivity index (χ0) is 13.4. The highest BCUT2D eigenvalue weighted by Gasteiger charge is 2.11. The van der Waals surface area contributed by atoms with Crippen molar-refractivity contribution >= 4 is 22.4 Å². The number of imidazole rings is 1. The van der Waals surface area contributed by atoms with Crippen LogP contribution in [0.5, 0.6) is 0 Å². The second-order valence-electron chi connectivity index (χ2n) is 4.32. The summed E-state index contributed by atoms with van der Waals surface area (Å²) < 4.78 is 1.07. The summed E-state index contributed by atoms with van der Waals surface area (Å²) in [6.07, 6.45) is 0. The molecule has 0 spiro atoms. The first-order valence-corrected chi connectivity index (χ1v) is 5.94. The van der Waals surface area contributed by atoms with Gasteiger partial charge in [-0.2, -0.15) is 4.73 Å². The minimum Gasteiger partial charge on any atom is -0.426 e. The maximum atomic E-state index is 10.2. The fourth-order valence-electron chi connectivity index (χ4n) is 2.05. The number of benzene rings is 2. The molecule has 2 aromatic carbocycles. The summed E-state index contributed by atoms with van der Waals surface area (Å²) in [7, 11) is 1.86. The van der Waals surface area contributed by atoms with E-state index in [-0.39, 0.29) is 0 Å². The molecule has 4 N–H and O–H groups in total. The van der Waals surface area contributed by atoms with Gasteiger partial charge in [-0.1, -0.05) is 0 Å². The van der Waals surface area contributed by atoms with Gasteiger partial charge >= 0.3 is 0 Å². The summed E-state index contributed by atoms with van der Waals surface area (Å²) in [5.74, 6) is 0.503. The molecule has 1 aromatic heterocycles. The third-order valence-electron chi connectivity index (χ3n) is 3.09. The van der Waals surface area contributed by atoms with E-state index in [0.29, 0.717) is 22.5 Å². The minimum atomic E-state index is 0.503. The smallest absolute Gasteiger partial charge is 0.176 e. The largest absolute Gasteiger partial charge is 0.426 e. The van der Waals surface area contributed by atoms with Gasteiger partial charge in [0.15, 0.2) is 5.82 Å². The second-order valence-corrected chi connectivity index (χ2v) is 4.32. The molecule has 0 aliphatic rings. The van der Waals surface area contributed by atoms with Crippen molar-refractivity contribution in [3.63, 3.8) is 0 Å². The summed E-state index contributed by atoms with van der Waals surface area (Å²) in [5.41, 5.74) is 9.48. The van der Waals surface area contributed by atoms with Gasteiger partial charge in [-0.25, -0.2) is 4.98 Å². The lowest BCUT2D eigenvalue weighted by molar-refractivity contribution is 0.203. The van der Waals surface area contributed by atoms with Crippen LogP contribution in [0.1, 0.15) is 0 Å². The summed E-state index contributed by atoms with van der Waals surface area (Å²) in [6.45, 7) is 0. The average molecular weight is 254 g/mol. The number of hydrogen-bond donors (Lipinski definition) is 3. The number of nitrogen functional groups attached to an aromatic ring is 1. The van der Waals surface area contributed by atoms with Crippen LogP contribution in [0.4, 0.5) is 11.4 Å². The number of nitrogens with one attached hydrogen (secondary N) is 1. The normalized spacial score (nSPS) is 10.8. The highest BCUT2D eigenvalue weighted by Crippen LogP contribution is 2.25. The summed E-state index contributed by atoms with van der Waals surface area (Å²) in [4.78, 5) is 4.42. The molecule has 96 valence electrons. The lowest BCUT2D eigenvalue weighted by Gasteiger charge is -2.03. The second kappa shape index (κ2) is 4.20. The highest BCUT2D eigenvalue weighted by molar-refractivity contribution is 5.83. The SMILES string of the molecule is CNc1ccc(-c2nc3ccc(N)cc3n2O)cc1. The lowest BCUT2D eigenvalue weighted by atomic mass is 10.2. The van der Waals surface area contributed by atoms with E-state index in [1.807, 2.05) is 31.3 Å². The Bertz CT molecular complexity index is 731. The number of aromatic nitrogens is 2. The van der Waals surface area contributed by atoms with Crippen molar-refractivity contribution in [2.45, 2.75) is 0 Å². The van der Waals surface area contributed by atoms with E-state index in [1.165, 1.54) is 0 Å². The molecule has 0 saturated carbocycles. The van der Waals surface area contributed by atoms with Gasteiger partial charge in [0.2, 0.25) is 0 Å². The predicted molar refractivity (Wildman–Crippen MR) is 76.3 cm³/mol. The Morgan fingerprint density at radius 2 is 1.89 bits per heavy atom. The third kappa shape index (κ3) is 1.85. The molecule has 3 aromatic rings. The third-order valence-corrected chi connectivity index (χ3v) is 3.09. The number of rotatable bonds is 2. The van der Waals surface area contributed by atoms with E-state index in [9.17, 15) is 5.21 Å². The van der Waals surface area contributed by atoms with Gasteiger partial charge in [-0.05, 0) is 42.5 Å². The van der Waals surface area contributed by atoms with E-state index in [0.717, 1.165) is 16.0 Å².